The number of rotatable bonds is 4. The predicted molar refractivity (Wildman–Crippen MR) is 106 cm³/mol. The summed E-state index contributed by atoms with van der Waals surface area (Å²) in [7, 11) is 1.51. The normalized spacial score (nSPS) is 12.6. The Labute approximate surface area is 162 Å². The molecule has 0 spiro atoms. The van der Waals surface area contributed by atoms with E-state index in [9.17, 15) is 9.59 Å². The van der Waals surface area contributed by atoms with Gasteiger partial charge in [-0.2, -0.15) is 5.10 Å². The Morgan fingerprint density at radius 1 is 1.14 bits per heavy atom. The molecule has 0 aliphatic carbocycles. The van der Waals surface area contributed by atoms with E-state index in [1.165, 1.54) is 7.11 Å². The van der Waals surface area contributed by atoms with Crippen LogP contribution in [0.2, 0.25) is 0 Å². The molecule has 0 fully saturated rings. The van der Waals surface area contributed by atoms with Crippen LogP contribution in [0.25, 0.3) is 5.69 Å². The first kappa shape index (κ1) is 17.8. The van der Waals surface area contributed by atoms with Crippen LogP contribution in [0.15, 0.2) is 54.7 Å². The third-order valence-electron chi connectivity index (χ3n) is 4.75. The lowest BCUT2D eigenvalue weighted by atomic mass is 10.1. The van der Waals surface area contributed by atoms with Crippen LogP contribution in [0.1, 0.15) is 23.0 Å². The Bertz CT molecular complexity index is 1040. The minimum atomic E-state index is -0.354. The van der Waals surface area contributed by atoms with E-state index in [0.717, 1.165) is 23.4 Å². The van der Waals surface area contributed by atoms with Crippen molar-refractivity contribution >= 4 is 23.2 Å². The zero-order valence-electron chi connectivity index (χ0n) is 15.7. The van der Waals surface area contributed by atoms with E-state index >= 15 is 0 Å². The molecule has 28 heavy (non-hydrogen) atoms. The number of hydrogen-bond acceptors (Lipinski definition) is 4. The largest absolute Gasteiger partial charge is 0.493 e. The number of carbonyl (C=O) groups excluding carboxylic acids is 2. The van der Waals surface area contributed by atoms with Gasteiger partial charge in [0.25, 0.3) is 5.91 Å². The second-order valence-electron chi connectivity index (χ2n) is 6.54. The zero-order chi connectivity index (χ0) is 19.7. The fourth-order valence-electron chi connectivity index (χ4n) is 3.37. The van der Waals surface area contributed by atoms with E-state index in [2.05, 4.69) is 10.4 Å². The highest BCUT2D eigenvalue weighted by molar-refractivity contribution is 6.05. The van der Waals surface area contributed by atoms with Crippen molar-refractivity contribution in [2.24, 2.45) is 0 Å². The van der Waals surface area contributed by atoms with Crippen LogP contribution in [0.3, 0.4) is 0 Å². The number of fused-ring (bicyclic) bond motifs is 1. The fraction of sp³-hybridized carbons (Fsp3) is 0.190. The van der Waals surface area contributed by atoms with Crippen molar-refractivity contribution < 1.29 is 14.3 Å². The lowest BCUT2D eigenvalue weighted by molar-refractivity contribution is -0.116. The molecule has 0 unspecified atom stereocenters. The maximum absolute atomic E-state index is 12.8. The number of nitrogens with zero attached hydrogens (tertiary/aromatic N) is 3. The third-order valence-corrected chi connectivity index (χ3v) is 4.75. The summed E-state index contributed by atoms with van der Waals surface area (Å²) in [6.45, 7) is 2.22. The topological polar surface area (TPSA) is 76.5 Å². The summed E-state index contributed by atoms with van der Waals surface area (Å²) in [5.41, 5.74) is 3.63. The van der Waals surface area contributed by atoms with Gasteiger partial charge in [-0.1, -0.05) is 18.2 Å². The van der Waals surface area contributed by atoms with E-state index in [4.69, 9.17) is 4.74 Å². The number of ether oxygens (including phenoxy) is 1. The first-order valence-electron chi connectivity index (χ1n) is 8.98. The highest BCUT2D eigenvalue weighted by atomic mass is 16.5. The van der Waals surface area contributed by atoms with Gasteiger partial charge in [-0.3, -0.25) is 9.59 Å². The number of hydrogen-bond donors (Lipinski definition) is 1. The Morgan fingerprint density at radius 2 is 1.93 bits per heavy atom. The molecule has 0 saturated heterocycles. The van der Waals surface area contributed by atoms with Crippen molar-refractivity contribution in [3.05, 3.63) is 66.0 Å². The van der Waals surface area contributed by atoms with Gasteiger partial charge in [0.2, 0.25) is 5.91 Å². The Balaban J connectivity index is 1.58. The minimum absolute atomic E-state index is 0.0201. The number of methoxy groups -OCH3 is 1. The maximum atomic E-state index is 12.8. The molecule has 7 nitrogen and oxygen atoms in total. The molecule has 4 rings (SSSR count). The fourth-order valence-corrected chi connectivity index (χ4v) is 3.37. The SMILES string of the molecule is COc1cn(-c2ccccc2)nc1C(=O)Nc1ccc2c(c1)CCN2C(C)=O. The van der Waals surface area contributed by atoms with Crippen LogP contribution >= 0.6 is 0 Å². The Kier molecular flexibility index (Phi) is 4.57. The van der Waals surface area contributed by atoms with Gasteiger partial charge in [0.05, 0.1) is 19.0 Å². The lowest BCUT2D eigenvalue weighted by Gasteiger charge is -2.15. The molecule has 0 atom stereocenters. The molecule has 1 N–H and O–H groups in total. The van der Waals surface area contributed by atoms with Gasteiger partial charge in [0.1, 0.15) is 0 Å². The summed E-state index contributed by atoms with van der Waals surface area (Å²) >= 11 is 0. The summed E-state index contributed by atoms with van der Waals surface area (Å²) in [6.07, 6.45) is 2.45. The van der Waals surface area contributed by atoms with Crippen LogP contribution in [0.4, 0.5) is 11.4 Å². The summed E-state index contributed by atoms with van der Waals surface area (Å²) in [5.74, 6) is 0.0601. The molecular weight excluding hydrogens is 356 g/mol. The second-order valence-corrected chi connectivity index (χ2v) is 6.54. The molecule has 142 valence electrons. The van der Waals surface area contributed by atoms with Crippen molar-refractivity contribution in [1.29, 1.82) is 0 Å². The molecule has 2 amide bonds. The average Bonchev–Trinajstić information content (AvgIpc) is 3.32. The molecule has 1 aromatic heterocycles. The number of aromatic nitrogens is 2. The molecule has 7 heteroatoms. The highest BCUT2D eigenvalue weighted by Crippen LogP contribution is 2.31. The molecule has 1 aliphatic heterocycles. The monoisotopic (exact) mass is 376 g/mol. The predicted octanol–water partition coefficient (Wildman–Crippen LogP) is 3.04. The summed E-state index contributed by atoms with van der Waals surface area (Å²) in [5, 5.41) is 7.26. The maximum Gasteiger partial charge on any atom is 0.280 e. The van der Waals surface area contributed by atoms with E-state index in [1.54, 1.807) is 28.8 Å². The molecule has 3 aromatic rings. The van der Waals surface area contributed by atoms with Gasteiger partial charge in [-0.25, -0.2) is 4.68 Å². The van der Waals surface area contributed by atoms with E-state index in [0.29, 0.717) is 18.0 Å². The number of nitrogens with one attached hydrogen (secondary N) is 1. The van der Waals surface area contributed by atoms with E-state index in [-0.39, 0.29) is 17.5 Å². The summed E-state index contributed by atoms with van der Waals surface area (Å²) < 4.78 is 6.94. The van der Waals surface area contributed by atoms with Crippen LogP contribution in [0, 0.1) is 0 Å². The van der Waals surface area contributed by atoms with Crippen molar-refractivity contribution in [3.8, 4) is 11.4 Å². The van der Waals surface area contributed by atoms with Crippen molar-refractivity contribution in [2.45, 2.75) is 13.3 Å². The first-order valence-corrected chi connectivity index (χ1v) is 8.98. The highest BCUT2D eigenvalue weighted by Gasteiger charge is 2.23. The molecule has 2 aromatic carbocycles. The van der Waals surface area contributed by atoms with Crippen molar-refractivity contribution in [2.75, 3.05) is 23.9 Å². The molecule has 0 saturated carbocycles. The van der Waals surface area contributed by atoms with Crippen LogP contribution in [-0.4, -0.2) is 35.2 Å². The van der Waals surface area contributed by atoms with E-state index < -0.39 is 0 Å². The second kappa shape index (κ2) is 7.19. The van der Waals surface area contributed by atoms with Crippen molar-refractivity contribution in [1.82, 2.24) is 9.78 Å². The van der Waals surface area contributed by atoms with Gasteiger partial charge in [0.15, 0.2) is 11.4 Å². The van der Waals surface area contributed by atoms with Gasteiger partial charge in [0, 0.05) is 24.8 Å². The van der Waals surface area contributed by atoms with Gasteiger partial charge < -0.3 is 15.0 Å². The lowest BCUT2D eigenvalue weighted by Crippen LogP contribution is -2.25. The molecule has 0 bridgehead atoms. The molecule has 0 radical (unpaired) electrons. The number of benzene rings is 2. The van der Waals surface area contributed by atoms with Gasteiger partial charge in [-0.05, 0) is 42.3 Å². The average molecular weight is 376 g/mol. The number of anilines is 2. The standard InChI is InChI=1S/C21H20N4O3/c1-14(26)24-11-10-15-12-16(8-9-18(15)24)22-21(27)20-19(28-2)13-25(23-20)17-6-4-3-5-7-17/h3-9,12-13H,10-11H2,1-2H3,(H,22,27). The Hall–Kier alpha value is -3.61. The van der Waals surface area contributed by atoms with Crippen LogP contribution < -0.4 is 15.0 Å². The molecule has 1 aliphatic rings. The van der Waals surface area contributed by atoms with Crippen LogP contribution in [-0.2, 0) is 11.2 Å². The molecule has 2 heterocycles. The minimum Gasteiger partial charge on any atom is -0.493 e. The van der Waals surface area contributed by atoms with E-state index in [1.807, 2.05) is 42.5 Å². The number of carbonyl (C=O) groups is 2. The summed E-state index contributed by atoms with van der Waals surface area (Å²) in [6, 6.07) is 15.1. The first-order chi connectivity index (χ1) is 13.6. The third kappa shape index (κ3) is 3.22. The molecular formula is C21H20N4O3. The number of amides is 2. The smallest absolute Gasteiger partial charge is 0.280 e. The van der Waals surface area contributed by atoms with Gasteiger partial charge in [-0.15, -0.1) is 0 Å². The van der Waals surface area contributed by atoms with Gasteiger partial charge >= 0.3 is 0 Å². The van der Waals surface area contributed by atoms with Crippen molar-refractivity contribution in [3.63, 3.8) is 0 Å². The number of para-hydroxylation sites is 1. The van der Waals surface area contributed by atoms with Crippen LogP contribution in [0.5, 0.6) is 5.75 Å². The quantitative estimate of drug-likeness (QED) is 0.759. The zero-order valence-corrected chi connectivity index (χ0v) is 15.7. The summed E-state index contributed by atoms with van der Waals surface area (Å²) in [4.78, 5) is 26.2. The Morgan fingerprint density at radius 3 is 2.64 bits per heavy atom.